The largest absolute Gasteiger partial charge is 0.496 e. The SMILES string of the molecule is COc1cc(C)ccc1C(NN)c1c(C)cc(C)cc1F. The van der Waals surface area contributed by atoms with Crippen LogP contribution in [0.3, 0.4) is 0 Å². The summed E-state index contributed by atoms with van der Waals surface area (Å²) >= 11 is 0. The van der Waals surface area contributed by atoms with Gasteiger partial charge in [0.25, 0.3) is 0 Å². The zero-order chi connectivity index (χ0) is 15.6. The van der Waals surface area contributed by atoms with Gasteiger partial charge in [-0.05, 0) is 49.6 Å². The third kappa shape index (κ3) is 3.06. The van der Waals surface area contributed by atoms with E-state index in [-0.39, 0.29) is 5.82 Å². The van der Waals surface area contributed by atoms with Crippen LogP contribution in [0, 0.1) is 26.6 Å². The summed E-state index contributed by atoms with van der Waals surface area (Å²) in [4.78, 5) is 0. The molecule has 0 saturated carbocycles. The summed E-state index contributed by atoms with van der Waals surface area (Å²) in [6.07, 6.45) is 0. The summed E-state index contributed by atoms with van der Waals surface area (Å²) in [6, 6.07) is 8.81. The maximum Gasteiger partial charge on any atom is 0.128 e. The van der Waals surface area contributed by atoms with E-state index >= 15 is 0 Å². The van der Waals surface area contributed by atoms with Crippen LogP contribution in [0.5, 0.6) is 5.75 Å². The quantitative estimate of drug-likeness (QED) is 0.670. The molecule has 0 spiro atoms. The summed E-state index contributed by atoms with van der Waals surface area (Å²) in [7, 11) is 1.60. The van der Waals surface area contributed by atoms with Crippen LogP contribution < -0.4 is 16.0 Å². The highest BCUT2D eigenvalue weighted by atomic mass is 19.1. The highest BCUT2D eigenvalue weighted by Crippen LogP contribution is 2.33. The van der Waals surface area contributed by atoms with Crippen molar-refractivity contribution in [2.75, 3.05) is 7.11 Å². The number of aryl methyl sites for hydroxylation is 3. The van der Waals surface area contributed by atoms with Crippen molar-refractivity contribution in [3.63, 3.8) is 0 Å². The second kappa shape index (κ2) is 6.24. The number of nitrogens with two attached hydrogens (primary N) is 1. The molecular formula is C17H21FN2O. The molecule has 0 amide bonds. The highest BCUT2D eigenvalue weighted by Gasteiger charge is 2.22. The van der Waals surface area contributed by atoms with E-state index in [0.717, 1.165) is 22.3 Å². The van der Waals surface area contributed by atoms with Crippen LogP contribution in [0.1, 0.15) is 33.9 Å². The van der Waals surface area contributed by atoms with E-state index < -0.39 is 6.04 Å². The van der Waals surface area contributed by atoms with Crippen LogP contribution in [0.4, 0.5) is 4.39 Å². The van der Waals surface area contributed by atoms with Crippen molar-refractivity contribution < 1.29 is 9.13 Å². The van der Waals surface area contributed by atoms with Gasteiger partial charge in [0.15, 0.2) is 0 Å². The minimum Gasteiger partial charge on any atom is -0.496 e. The summed E-state index contributed by atoms with van der Waals surface area (Å²) in [6.45, 7) is 5.74. The van der Waals surface area contributed by atoms with Gasteiger partial charge in [0, 0.05) is 11.1 Å². The molecule has 3 nitrogen and oxygen atoms in total. The van der Waals surface area contributed by atoms with Gasteiger partial charge in [0.1, 0.15) is 11.6 Å². The fraction of sp³-hybridized carbons (Fsp3) is 0.294. The fourth-order valence-electron chi connectivity index (χ4n) is 2.68. The zero-order valence-corrected chi connectivity index (χ0v) is 12.8. The van der Waals surface area contributed by atoms with Crippen molar-refractivity contribution in [2.24, 2.45) is 5.84 Å². The maximum atomic E-state index is 14.4. The molecule has 2 aromatic carbocycles. The molecule has 0 saturated heterocycles. The summed E-state index contributed by atoms with van der Waals surface area (Å²) < 4.78 is 19.8. The third-order valence-electron chi connectivity index (χ3n) is 3.64. The van der Waals surface area contributed by atoms with Crippen LogP contribution in [0.15, 0.2) is 30.3 Å². The Morgan fingerprint density at radius 3 is 2.38 bits per heavy atom. The molecule has 4 heteroatoms. The van der Waals surface area contributed by atoms with Crippen LogP contribution >= 0.6 is 0 Å². The Hall–Kier alpha value is -1.91. The van der Waals surface area contributed by atoms with Crippen LogP contribution in [0.25, 0.3) is 0 Å². The van der Waals surface area contributed by atoms with Gasteiger partial charge in [0.05, 0.1) is 13.2 Å². The van der Waals surface area contributed by atoms with Gasteiger partial charge in [-0.3, -0.25) is 5.84 Å². The molecular weight excluding hydrogens is 267 g/mol. The number of rotatable bonds is 4. The van der Waals surface area contributed by atoms with Crippen molar-refractivity contribution in [1.82, 2.24) is 5.43 Å². The molecule has 112 valence electrons. The lowest BCUT2D eigenvalue weighted by molar-refractivity contribution is 0.403. The second-order valence-corrected chi connectivity index (χ2v) is 5.32. The third-order valence-corrected chi connectivity index (χ3v) is 3.64. The Morgan fingerprint density at radius 1 is 1.10 bits per heavy atom. The van der Waals surface area contributed by atoms with Gasteiger partial charge in [-0.1, -0.05) is 18.2 Å². The molecule has 3 N–H and O–H groups in total. The first kappa shape index (κ1) is 15.5. The number of nitrogens with one attached hydrogen (secondary N) is 1. The van der Waals surface area contributed by atoms with Crippen LogP contribution in [-0.4, -0.2) is 7.11 Å². The number of hydrogen-bond acceptors (Lipinski definition) is 3. The summed E-state index contributed by atoms with van der Waals surface area (Å²) in [5.74, 6) is 6.13. The van der Waals surface area contributed by atoms with Gasteiger partial charge >= 0.3 is 0 Å². The topological polar surface area (TPSA) is 47.3 Å². The van der Waals surface area contributed by atoms with Crippen LogP contribution in [-0.2, 0) is 0 Å². The molecule has 1 atom stereocenters. The van der Waals surface area contributed by atoms with E-state index in [1.807, 2.05) is 45.0 Å². The molecule has 0 bridgehead atoms. The Kier molecular flexibility index (Phi) is 4.60. The lowest BCUT2D eigenvalue weighted by atomic mass is 9.92. The van der Waals surface area contributed by atoms with E-state index in [1.165, 1.54) is 6.07 Å². The van der Waals surface area contributed by atoms with E-state index in [1.54, 1.807) is 7.11 Å². The standard InChI is InChI=1S/C17H21FN2O/c1-10-5-6-13(15(9-10)21-4)17(20-19)16-12(3)7-11(2)8-14(16)18/h5-9,17,20H,19H2,1-4H3. The maximum absolute atomic E-state index is 14.4. The normalized spacial score (nSPS) is 12.3. The first-order valence-corrected chi connectivity index (χ1v) is 6.85. The molecule has 2 rings (SSSR count). The van der Waals surface area contributed by atoms with E-state index in [4.69, 9.17) is 10.6 Å². The molecule has 2 aromatic rings. The first-order chi connectivity index (χ1) is 9.97. The van der Waals surface area contributed by atoms with Crippen molar-refractivity contribution in [3.05, 3.63) is 64.0 Å². The smallest absolute Gasteiger partial charge is 0.128 e. The average Bonchev–Trinajstić information content (AvgIpc) is 2.43. The van der Waals surface area contributed by atoms with Gasteiger partial charge in [-0.15, -0.1) is 0 Å². The van der Waals surface area contributed by atoms with E-state index in [0.29, 0.717) is 11.3 Å². The minimum absolute atomic E-state index is 0.266. The minimum atomic E-state index is -0.457. The summed E-state index contributed by atoms with van der Waals surface area (Å²) in [5, 5.41) is 0. The van der Waals surface area contributed by atoms with Crippen molar-refractivity contribution >= 4 is 0 Å². The molecule has 1 unspecified atom stereocenters. The lowest BCUT2D eigenvalue weighted by Crippen LogP contribution is -2.30. The molecule has 0 fully saturated rings. The molecule has 0 aliphatic carbocycles. The average molecular weight is 288 g/mol. The van der Waals surface area contributed by atoms with Crippen molar-refractivity contribution in [1.29, 1.82) is 0 Å². The molecule has 0 heterocycles. The molecule has 21 heavy (non-hydrogen) atoms. The number of ether oxygens (including phenoxy) is 1. The first-order valence-electron chi connectivity index (χ1n) is 6.85. The Balaban J connectivity index is 2.60. The second-order valence-electron chi connectivity index (χ2n) is 5.32. The van der Waals surface area contributed by atoms with E-state index in [9.17, 15) is 4.39 Å². The Bertz CT molecular complexity index is 632. The van der Waals surface area contributed by atoms with Gasteiger partial charge in [-0.2, -0.15) is 0 Å². The number of methoxy groups -OCH3 is 1. The van der Waals surface area contributed by atoms with Crippen molar-refractivity contribution in [3.8, 4) is 5.75 Å². The van der Waals surface area contributed by atoms with Crippen LogP contribution in [0.2, 0.25) is 0 Å². The monoisotopic (exact) mass is 288 g/mol. The highest BCUT2D eigenvalue weighted by molar-refractivity contribution is 5.46. The van der Waals surface area contributed by atoms with Gasteiger partial charge in [0.2, 0.25) is 0 Å². The molecule has 0 aromatic heterocycles. The van der Waals surface area contributed by atoms with Gasteiger partial charge in [-0.25, -0.2) is 9.82 Å². The Morgan fingerprint density at radius 2 is 1.81 bits per heavy atom. The number of benzene rings is 2. The number of hydrazine groups is 1. The van der Waals surface area contributed by atoms with Gasteiger partial charge < -0.3 is 4.74 Å². The fourth-order valence-corrected chi connectivity index (χ4v) is 2.68. The number of hydrogen-bond donors (Lipinski definition) is 2. The molecule has 0 radical (unpaired) electrons. The molecule has 0 aliphatic rings. The predicted octanol–water partition coefficient (Wildman–Crippen LogP) is 3.31. The number of halogens is 1. The van der Waals surface area contributed by atoms with E-state index in [2.05, 4.69) is 5.43 Å². The lowest BCUT2D eigenvalue weighted by Gasteiger charge is -2.22. The Labute approximate surface area is 124 Å². The van der Waals surface area contributed by atoms with Crippen molar-refractivity contribution in [2.45, 2.75) is 26.8 Å². The predicted molar refractivity (Wildman–Crippen MR) is 82.8 cm³/mol. The summed E-state index contributed by atoms with van der Waals surface area (Å²) in [5.41, 5.74) is 6.90. The zero-order valence-electron chi connectivity index (χ0n) is 12.8. The molecule has 0 aliphatic heterocycles.